The van der Waals surface area contributed by atoms with Crippen molar-refractivity contribution < 1.29 is 9.90 Å². The summed E-state index contributed by atoms with van der Waals surface area (Å²) in [6.07, 6.45) is 0.910. The highest BCUT2D eigenvalue weighted by atomic mass is 16.4. The zero-order valence-corrected chi connectivity index (χ0v) is 8.79. The molecule has 2 heteroatoms. The van der Waals surface area contributed by atoms with Gasteiger partial charge < -0.3 is 5.11 Å². The van der Waals surface area contributed by atoms with E-state index < -0.39 is 5.97 Å². The second-order valence-corrected chi connectivity index (χ2v) is 5.77. The van der Waals surface area contributed by atoms with Crippen molar-refractivity contribution in [3.05, 3.63) is 0 Å². The molecular weight excluding hydrogens is 164 g/mol. The summed E-state index contributed by atoms with van der Waals surface area (Å²) < 4.78 is 0. The van der Waals surface area contributed by atoms with Crippen molar-refractivity contribution >= 4 is 5.97 Å². The van der Waals surface area contributed by atoms with Gasteiger partial charge in [-0.05, 0) is 29.1 Å². The lowest BCUT2D eigenvalue weighted by molar-refractivity contribution is -0.138. The van der Waals surface area contributed by atoms with E-state index in [0.717, 1.165) is 6.42 Å². The molecule has 2 saturated carbocycles. The molecule has 74 valence electrons. The molecule has 0 aromatic rings. The number of hydrogen-bond acceptors (Lipinski definition) is 1. The van der Waals surface area contributed by atoms with Crippen molar-refractivity contribution in [3.63, 3.8) is 0 Å². The predicted octanol–water partition coefficient (Wildman–Crippen LogP) is 2.39. The molecule has 13 heavy (non-hydrogen) atoms. The molecule has 0 heterocycles. The number of hydrogen-bond donors (Lipinski definition) is 1. The van der Waals surface area contributed by atoms with Crippen molar-refractivity contribution in [1.82, 2.24) is 0 Å². The van der Waals surface area contributed by atoms with E-state index in [1.54, 1.807) is 0 Å². The van der Waals surface area contributed by atoms with E-state index in [2.05, 4.69) is 27.7 Å². The summed E-state index contributed by atoms with van der Waals surface area (Å²) in [4.78, 5) is 10.7. The summed E-state index contributed by atoms with van der Waals surface area (Å²) in [7, 11) is 0. The van der Waals surface area contributed by atoms with Gasteiger partial charge in [-0.25, -0.2) is 0 Å². The quantitative estimate of drug-likeness (QED) is 0.712. The highest BCUT2D eigenvalue weighted by Crippen LogP contribution is 2.76. The lowest BCUT2D eigenvalue weighted by Gasteiger charge is -2.04. The van der Waals surface area contributed by atoms with Gasteiger partial charge in [0, 0.05) is 0 Å². The Morgan fingerprint density at radius 2 is 1.69 bits per heavy atom. The maximum absolute atomic E-state index is 10.7. The Morgan fingerprint density at radius 3 is 1.92 bits per heavy atom. The fourth-order valence-electron chi connectivity index (χ4n) is 3.18. The number of carbonyl (C=O) groups is 1. The topological polar surface area (TPSA) is 37.3 Å². The average molecular weight is 182 g/mol. The molecular formula is C11H18O2. The van der Waals surface area contributed by atoms with Crippen molar-refractivity contribution in [2.75, 3.05) is 0 Å². The zero-order chi connectivity index (χ0) is 10.0. The molecule has 0 aliphatic heterocycles. The third kappa shape index (κ3) is 0.976. The lowest BCUT2D eigenvalue weighted by atomic mass is 10.0. The molecule has 2 atom stereocenters. The Morgan fingerprint density at radius 1 is 1.23 bits per heavy atom. The van der Waals surface area contributed by atoms with Gasteiger partial charge in [0.05, 0.1) is 5.92 Å². The van der Waals surface area contributed by atoms with E-state index in [1.165, 1.54) is 0 Å². The van der Waals surface area contributed by atoms with Crippen molar-refractivity contribution in [2.24, 2.45) is 28.6 Å². The van der Waals surface area contributed by atoms with Crippen LogP contribution < -0.4 is 0 Å². The Kier molecular flexibility index (Phi) is 1.46. The van der Waals surface area contributed by atoms with Gasteiger partial charge in [0.2, 0.25) is 0 Å². The molecule has 0 bridgehead atoms. The predicted molar refractivity (Wildman–Crippen MR) is 50.3 cm³/mol. The summed E-state index contributed by atoms with van der Waals surface area (Å²) >= 11 is 0. The van der Waals surface area contributed by atoms with Gasteiger partial charge in [-0.2, -0.15) is 0 Å². The summed E-state index contributed by atoms with van der Waals surface area (Å²) in [5.41, 5.74) is 0.698. The van der Waals surface area contributed by atoms with Crippen LogP contribution in [0.15, 0.2) is 0 Å². The van der Waals surface area contributed by atoms with Crippen LogP contribution in [0.25, 0.3) is 0 Å². The van der Waals surface area contributed by atoms with Crippen LogP contribution in [-0.4, -0.2) is 11.1 Å². The van der Waals surface area contributed by atoms with Gasteiger partial charge in [-0.3, -0.25) is 4.79 Å². The van der Waals surface area contributed by atoms with Crippen LogP contribution in [0, 0.1) is 28.6 Å². The third-order valence-corrected chi connectivity index (χ3v) is 4.72. The molecule has 2 aliphatic rings. The van der Waals surface area contributed by atoms with Gasteiger partial charge in [0.25, 0.3) is 0 Å². The molecule has 2 rings (SSSR count). The second-order valence-electron chi connectivity index (χ2n) is 5.77. The van der Waals surface area contributed by atoms with E-state index in [9.17, 15) is 4.79 Å². The largest absolute Gasteiger partial charge is 0.481 e. The maximum atomic E-state index is 10.7. The van der Waals surface area contributed by atoms with Crippen LogP contribution in [-0.2, 0) is 4.79 Å². The smallest absolute Gasteiger partial charge is 0.306 e. The minimum absolute atomic E-state index is 0.0361. The zero-order valence-electron chi connectivity index (χ0n) is 8.79. The van der Waals surface area contributed by atoms with Crippen molar-refractivity contribution in [3.8, 4) is 0 Å². The minimum Gasteiger partial charge on any atom is -0.481 e. The SMILES string of the molecule is CC1(C)C([C@@H]2C[C@H]2C(=O)O)C1(C)C. The van der Waals surface area contributed by atoms with Gasteiger partial charge in [0.1, 0.15) is 0 Å². The molecule has 1 N–H and O–H groups in total. The molecule has 0 saturated heterocycles. The number of rotatable bonds is 2. The summed E-state index contributed by atoms with van der Waals surface area (Å²) in [5.74, 6) is 0.457. The highest BCUT2D eigenvalue weighted by Gasteiger charge is 2.72. The second kappa shape index (κ2) is 2.10. The summed E-state index contributed by atoms with van der Waals surface area (Å²) in [5, 5.41) is 8.84. The molecule has 2 aliphatic carbocycles. The average Bonchev–Trinajstić information content (AvgIpc) is 2.73. The number of aliphatic carboxylic acids is 1. The Labute approximate surface area is 79.3 Å². The number of carboxylic acids is 1. The first kappa shape index (κ1) is 9.04. The summed E-state index contributed by atoms with van der Waals surface area (Å²) in [6, 6.07) is 0. The van der Waals surface area contributed by atoms with E-state index in [-0.39, 0.29) is 5.92 Å². The molecule has 0 radical (unpaired) electrons. The van der Waals surface area contributed by atoms with Crippen molar-refractivity contribution in [2.45, 2.75) is 34.1 Å². The normalized spacial score (nSPS) is 40.0. The van der Waals surface area contributed by atoms with Crippen LogP contribution in [0.5, 0.6) is 0 Å². The Balaban J connectivity index is 2.05. The minimum atomic E-state index is -0.594. The first-order valence-electron chi connectivity index (χ1n) is 5.03. The molecule has 0 amide bonds. The maximum Gasteiger partial charge on any atom is 0.306 e. The molecule has 0 spiro atoms. The van der Waals surface area contributed by atoms with Gasteiger partial charge in [-0.15, -0.1) is 0 Å². The highest BCUT2D eigenvalue weighted by molar-refractivity contribution is 5.73. The van der Waals surface area contributed by atoms with Crippen LogP contribution in [0.4, 0.5) is 0 Å². The van der Waals surface area contributed by atoms with E-state index in [4.69, 9.17) is 5.11 Å². The van der Waals surface area contributed by atoms with Crippen LogP contribution in [0.2, 0.25) is 0 Å². The van der Waals surface area contributed by atoms with E-state index >= 15 is 0 Å². The van der Waals surface area contributed by atoms with Crippen LogP contribution in [0.3, 0.4) is 0 Å². The molecule has 2 fully saturated rings. The Hall–Kier alpha value is -0.530. The van der Waals surface area contributed by atoms with Crippen molar-refractivity contribution in [1.29, 1.82) is 0 Å². The molecule has 0 aromatic heterocycles. The molecule has 0 unspecified atom stereocenters. The van der Waals surface area contributed by atoms with Crippen LogP contribution in [0.1, 0.15) is 34.1 Å². The fraction of sp³-hybridized carbons (Fsp3) is 0.909. The monoisotopic (exact) mass is 182 g/mol. The fourth-order valence-corrected chi connectivity index (χ4v) is 3.18. The number of carboxylic acid groups (broad SMARTS) is 1. The molecule has 0 aromatic carbocycles. The summed E-state index contributed by atoms with van der Waals surface area (Å²) in [6.45, 7) is 9.04. The Bertz CT molecular complexity index is 251. The molecule has 2 nitrogen and oxygen atoms in total. The first-order valence-corrected chi connectivity index (χ1v) is 5.03. The lowest BCUT2D eigenvalue weighted by Crippen LogP contribution is -2.02. The van der Waals surface area contributed by atoms with E-state index in [1.807, 2.05) is 0 Å². The standard InChI is InChI=1S/C11H18O2/c1-10(2)8(11(10,3)4)6-5-7(6)9(12)13/h6-8H,5H2,1-4H3,(H,12,13)/t6-,7-/m1/s1. The van der Waals surface area contributed by atoms with E-state index in [0.29, 0.717) is 22.7 Å². The first-order chi connectivity index (χ1) is 5.80. The third-order valence-electron chi connectivity index (χ3n) is 4.72. The van der Waals surface area contributed by atoms with Gasteiger partial charge >= 0.3 is 5.97 Å². The van der Waals surface area contributed by atoms with Gasteiger partial charge in [0.15, 0.2) is 0 Å². The van der Waals surface area contributed by atoms with Crippen LogP contribution >= 0.6 is 0 Å². The van der Waals surface area contributed by atoms with Gasteiger partial charge in [-0.1, -0.05) is 27.7 Å².